The summed E-state index contributed by atoms with van der Waals surface area (Å²) >= 11 is 6.41. The fraction of sp³-hybridized carbons (Fsp3) is 0.130. The summed E-state index contributed by atoms with van der Waals surface area (Å²) in [6.07, 6.45) is 1.50. The number of benzene rings is 2. The highest BCUT2D eigenvalue weighted by molar-refractivity contribution is 6.46. The first-order valence-corrected chi connectivity index (χ1v) is 9.47. The molecule has 0 spiro atoms. The van der Waals surface area contributed by atoms with Crippen molar-refractivity contribution >= 4 is 29.1 Å². The molecule has 3 aromatic rings. The van der Waals surface area contributed by atoms with Gasteiger partial charge in [0.15, 0.2) is 0 Å². The van der Waals surface area contributed by atoms with Gasteiger partial charge in [-0.3, -0.25) is 9.59 Å². The van der Waals surface area contributed by atoms with E-state index < -0.39 is 17.7 Å². The van der Waals surface area contributed by atoms with Crippen LogP contribution in [-0.4, -0.2) is 21.7 Å². The molecular formula is C23H18ClNO4. The first-order valence-electron chi connectivity index (χ1n) is 9.09. The minimum Gasteiger partial charge on any atom is -0.507 e. The third-order valence-corrected chi connectivity index (χ3v) is 5.32. The summed E-state index contributed by atoms with van der Waals surface area (Å²) in [4.78, 5) is 27.2. The van der Waals surface area contributed by atoms with E-state index in [9.17, 15) is 14.7 Å². The zero-order chi connectivity index (χ0) is 20.5. The molecule has 1 atom stereocenters. The van der Waals surface area contributed by atoms with Crippen molar-refractivity contribution in [1.29, 1.82) is 0 Å². The van der Waals surface area contributed by atoms with Crippen LogP contribution in [0, 0.1) is 6.92 Å². The molecule has 1 aliphatic rings. The van der Waals surface area contributed by atoms with Crippen LogP contribution in [0.25, 0.3) is 5.76 Å². The maximum absolute atomic E-state index is 12.9. The molecule has 2 aromatic carbocycles. The highest BCUT2D eigenvalue weighted by Gasteiger charge is 2.47. The summed E-state index contributed by atoms with van der Waals surface area (Å²) in [5.41, 5.74) is 2.05. The van der Waals surface area contributed by atoms with Crippen LogP contribution in [0.15, 0.2) is 76.9 Å². The summed E-state index contributed by atoms with van der Waals surface area (Å²) in [6, 6.07) is 16.7. The van der Waals surface area contributed by atoms with Crippen molar-refractivity contribution in [1.82, 2.24) is 4.90 Å². The number of hydrogen-bond donors (Lipinski definition) is 1. The summed E-state index contributed by atoms with van der Waals surface area (Å²) in [7, 11) is 0. The molecule has 1 unspecified atom stereocenters. The first kappa shape index (κ1) is 19.0. The Morgan fingerprint density at radius 3 is 2.45 bits per heavy atom. The van der Waals surface area contributed by atoms with Gasteiger partial charge in [-0.2, -0.15) is 0 Å². The van der Waals surface area contributed by atoms with Crippen molar-refractivity contribution in [3.8, 4) is 0 Å². The second kappa shape index (κ2) is 7.60. The molecule has 0 bridgehead atoms. The van der Waals surface area contributed by atoms with E-state index in [1.165, 1.54) is 11.2 Å². The molecule has 4 rings (SSSR count). The topological polar surface area (TPSA) is 70.8 Å². The lowest BCUT2D eigenvalue weighted by molar-refractivity contribution is -0.140. The molecule has 29 heavy (non-hydrogen) atoms. The minimum atomic E-state index is -0.824. The number of aliphatic hydroxyl groups excluding tert-OH is 1. The number of halogens is 1. The highest BCUT2D eigenvalue weighted by atomic mass is 35.5. The number of amides is 1. The number of aryl methyl sites for hydroxylation is 1. The number of ketones is 1. The van der Waals surface area contributed by atoms with Gasteiger partial charge in [0.1, 0.15) is 11.5 Å². The number of rotatable bonds is 4. The Bertz CT molecular complexity index is 1100. The number of likely N-dealkylation sites (tertiary alicyclic amines) is 1. The van der Waals surface area contributed by atoms with E-state index in [4.69, 9.17) is 16.0 Å². The molecule has 1 fully saturated rings. The second-order valence-corrected chi connectivity index (χ2v) is 7.30. The smallest absolute Gasteiger partial charge is 0.296 e. The lowest BCUT2D eigenvalue weighted by atomic mass is 9.95. The van der Waals surface area contributed by atoms with Crippen molar-refractivity contribution in [3.05, 3.63) is 100.0 Å². The standard InChI is InChI=1S/C23H18ClNO4/c1-14-8-10-15(11-9-14)21(26)19-20(17-6-2-3-7-18(17)24)25(23(28)22(19)27)13-16-5-4-12-29-16/h2-12,20,26H,13H2,1H3/b21-19-. The predicted molar refractivity (Wildman–Crippen MR) is 109 cm³/mol. The van der Waals surface area contributed by atoms with E-state index in [2.05, 4.69) is 0 Å². The largest absolute Gasteiger partial charge is 0.507 e. The predicted octanol–water partition coefficient (Wildman–Crippen LogP) is 4.86. The number of Topliss-reactive ketones (excluding diaryl/α,β-unsaturated/α-hetero) is 1. The van der Waals surface area contributed by atoms with Crippen molar-refractivity contribution in [3.63, 3.8) is 0 Å². The Balaban J connectivity index is 1.89. The van der Waals surface area contributed by atoms with Crippen molar-refractivity contribution in [2.24, 2.45) is 0 Å². The molecule has 0 saturated carbocycles. The molecule has 146 valence electrons. The Morgan fingerprint density at radius 1 is 1.07 bits per heavy atom. The van der Waals surface area contributed by atoms with Gasteiger partial charge >= 0.3 is 0 Å². The van der Waals surface area contributed by atoms with Gasteiger partial charge in [0, 0.05) is 10.6 Å². The zero-order valence-electron chi connectivity index (χ0n) is 15.6. The number of hydrogen-bond acceptors (Lipinski definition) is 4. The third kappa shape index (κ3) is 3.45. The Hall–Kier alpha value is -3.31. The fourth-order valence-corrected chi connectivity index (χ4v) is 3.74. The highest BCUT2D eigenvalue weighted by Crippen LogP contribution is 2.42. The average Bonchev–Trinajstić information content (AvgIpc) is 3.31. The summed E-state index contributed by atoms with van der Waals surface area (Å²) in [5.74, 6) is -1.16. The number of carbonyl (C=O) groups excluding carboxylic acids is 2. The molecule has 5 nitrogen and oxygen atoms in total. The summed E-state index contributed by atoms with van der Waals surface area (Å²) in [6.45, 7) is 2.01. The maximum atomic E-state index is 12.9. The van der Waals surface area contributed by atoms with Crippen molar-refractivity contribution in [2.45, 2.75) is 19.5 Å². The monoisotopic (exact) mass is 407 g/mol. The van der Waals surface area contributed by atoms with Crippen LogP contribution in [0.5, 0.6) is 0 Å². The van der Waals surface area contributed by atoms with Crippen molar-refractivity contribution < 1.29 is 19.1 Å². The normalized spacial score (nSPS) is 18.4. The molecule has 1 N–H and O–H groups in total. The van der Waals surface area contributed by atoms with Gasteiger partial charge in [0.05, 0.1) is 24.4 Å². The summed E-state index contributed by atoms with van der Waals surface area (Å²) < 4.78 is 5.37. The quantitative estimate of drug-likeness (QED) is 0.381. The van der Waals surface area contributed by atoms with E-state index >= 15 is 0 Å². The van der Waals surface area contributed by atoms with Gasteiger partial charge in [0.25, 0.3) is 11.7 Å². The van der Waals surface area contributed by atoms with E-state index in [1.807, 2.05) is 19.1 Å². The first-order chi connectivity index (χ1) is 14.0. The molecule has 1 amide bonds. The van der Waals surface area contributed by atoms with E-state index in [0.717, 1.165) is 5.56 Å². The zero-order valence-corrected chi connectivity index (χ0v) is 16.4. The Kier molecular flexibility index (Phi) is 4.99. The Labute approximate surface area is 172 Å². The molecular weight excluding hydrogens is 390 g/mol. The number of nitrogens with zero attached hydrogens (tertiary/aromatic N) is 1. The minimum absolute atomic E-state index is 0.0125. The second-order valence-electron chi connectivity index (χ2n) is 6.89. The molecule has 0 radical (unpaired) electrons. The van der Waals surface area contributed by atoms with Gasteiger partial charge in [-0.25, -0.2) is 0 Å². The molecule has 1 aromatic heterocycles. The lowest BCUT2D eigenvalue weighted by Crippen LogP contribution is -2.29. The van der Waals surface area contributed by atoms with Crippen LogP contribution < -0.4 is 0 Å². The fourth-order valence-electron chi connectivity index (χ4n) is 3.50. The average molecular weight is 408 g/mol. The SMILES string of the molecule is Cc1ccc(/C(O)=C2/C(=O)C(=O)N(Cc3ccco3)C2c2ccccc2Cl)cc1. The van der Waals surface area contributed by atoms with Crippen LogP contribution in [0.2, 0.25) is 5.02 Å². The van der Waals surface area contributed by atoms with Gasteiger partial charge < -0.3 is 14.4 Å². The van der Waals surface area contributed by atoms with Crippen LogP contribution in [-0.2, 0) is 16.1 Å². The number of carbonyl (C=O) groups is 2. The molecule has 6 heteroatoms. The molecule has 1 aliphatic heterocycles. The van der Waals surface area contributed by atoms with E-state index in [0.29, 0.717) is 21.9 Å². The molecule has 0 aliphatic carbocycles. The van der Waals surface area contributed by atoms with E-state index in [-0.39, 0.29) is 17.9 Å². The number of furan rings is 1. The Morgan fingerprint density at radius 2 is 1.79 bits per heavy atom. The van der Waals surface area contributed by atoms with Crippen LogP contribution in [0.4, 0.5) is 0 Å². The van der Waals surface area contributed by atoms with Crippen LogP contribution >= 0.6 is 11.6 Å². The molecule has 1 saturated heterocycles. The van der Waals surface area contributed by atoms with Crippen LogP contribution in [0.3, 0.4) is 0 Å². The van der Waals surface area contributed by atoms with Gasteiger partial charge in [-0.15, -0.1) is 0 Å². The third-order valence-electron chi connectivity index (χ3n) is 4.97. The maximum Gasteiger partial charge on any atom is 0.296 e. The lowest BCUT2D eigenvalue weighted by Gasteiger charge is -2.25. The van der Waals surface area contributed by atoms with Crippen LogP contribution in [0.1, 0.15) is 28.5 Å². The van der Waals surface area contributed by atoms with Gasteiger partial charge in [-0.05, 0) is 30.7 Å². The van der Waals surface area contributed by atoms with Crippen molar-refractivity contribution in [2.75, 3.05) is 0 Å². The summed E-state index contributed by atoms with van der Waals surface area (Å²) in [5, 5.41) is 11.4. The van der Waals surface area contributed by atoms with Gasteiger partial charge in [0.2, 0.25) is 0 Å². The number of aliphatic hydroxyl groups is 1. The molecule has 2 heterocycles. The van der Waals surface area contributed by atoms with E-state index in [1.54, 1.807) is 48.5 Å². The van der Waals surface area contributed by atoms with Gasteiger partial charge in [-0.1, -0.05) is 59.6 Å².